The van der Waals surface area contributed by atoms with Crippen molar-refractivity contribution in [2.24, 2.45) is 5.92 Å². The Hall–Kier alpha value is -1.42. The third kappa shape index (κ3) is 3.77. The van der Waals surface area contributed by atoms with Gasteiger partial charge in [0.1, 0.15) is 13.2 Å². The highest BCUT2D eigenvalue weighted by Crippen LogP contribution is 2.38. The number of fused-ring (bicyclic) bond motifs is 1. The zero-order chi connectivity index (χ0) is 13.8. The summed E-state index contributed by atoms with van der Waals surface area (Å²) in [7, 11) is 0. The first-order valence-corrected chi connectivity index (χ1v) is 6.78. The molecule has 0 atom stereocenters. The van der Waals surface area contributed by atoms with Gasteiger partial charge in [-0.1, -0.05) is 25.4 Å². The summed E-state index contributed by atoms with van der Waals surface area (Å²) in [6.07, 6.45) is 0.295. The number of rotatable bonds is 4. The summed E-state index contributed by atoms with van der Waals surface area (Å²) in [4.78, 5) is 11.8. The van der Waals surface area contributed by atoms with Crippen LogP contribution in [0, 0.1) is 5.92 Å². The molecule has 0 aromatic heterocycles. The lowest BCUT2D eigenvalue weighted by Crippen LogP contribution is -2.28. The Balaban J connectivity index is 2.05. The van der Waals surface area contributed by atoms with E-state index < -0.39 is 0 Å². The summed E-state index contributed by atoms with van der Waals surface area (Å²) in [5.41, 5.74) is 0.829. The number of hydrogen-bond acceptors (Lipinski definition) is 3. The van der Waals surface area contributed by atoms with Crippen molar-refractivity contribution in [2.75, 3.05) is 19.8 Å². The standard InChI is InChI=1S/C14H18ClNO3/c1-9(2)8-16-13(17)7-10-5-11(15)14-12(6-10)18-3-4-19-14/h5-6,9H,3-4,7-8H2,1-2H3,(H,16,17). The molecule has 4 nitrogen and oxygen atoms in total. The largest absolute Gasteiger partial charge is 0.486 e. The summed E-state index contributed by atoms with van der Waals surface area (Å²) in [6.45, 7) is 5.80. The fourth-order valence-electron chi connectivity index (χ4n) is 1.83. The fourth-order valence-corrected chi connectivity index (χ4v) is 2.12. The predicted octanol–water partition coefficient (Wildman–Crippen LogP) is 2.43. The smallest absolute Gasteiger partial charge is 0.224 e. The van der Waals surface area contributed by atoms with E-state index in [1.807, 2.05) is 6.07 Å². The molecule has 5 heteroatoms. The summed E-state index contributed by atoms with van der Waals surface area (Å²) >= 11 is 6.12. The number of carbonyl (C=O) groups excluding carboxylic acids is 1. The molecule has 0 radical (unpaired) electrons. The molecule has 0 spiro atoms. The normalized spacial score (nSPS) is 13.5. The first kappa shape index (κ1) is 14.0. The molecule has 1 aliphatic rings. The van der Waals surface area contributed by atoms with Gasteiger partial charge in [0, 0.05) is 6.54 Å². The van der Waals surface area contributed by atoms with Gasteiger partial charge in [0.15, 0.2) is 11.5 Å². The molecule has 1 amide bonds. The second kappa shape index (κ2) is 6.15. The van der Waals surface area contributed by atoms with E-state index in [4.69, 9.17) is 21.1 Å². The Morgan fingerprint density at radius 3 is 2.84 bits per heavy atom. The van der Waals surface area contributed by atoms with Crippen LogP contribution < -0.4 is 14.8 Å². The fraction of sp³-hybridized carbons (Fsp3) is 0.500. The van der Waals surface area contributed by atoms with Crippen LogP contribution in [-0.2, 0) is 11.2 Å². The molecule has 0 fully saturated rings. The first-order chi connectivity index (χ1) is 9.06. The van der Waals surface area contributed by atoms with Crippen molar-refractivity contribution in [2.45, 2.75) is 20.3 Å². The molecule has 1 aromatic rings. The molecule has 0 bridgehead atoms. The van der Waals surface area contributed by atoms with E-state index in [0.29, 0.717) is 48.6 Å². The highest BCUT2D eigenvalue weighted by molar-refractivity contribution is 6.32. The minimum Gasteiger partial charge on any atom is -0.486 e. The van der Waals surface area contributed by atoms with Crippen LogP contribution in [0.5, 0.6) is 11.5 Å². The topological polar surface area (TPSA) is 47.6 Å². The molecule has 1 N–H and O–H groups in total. The molecule has 0 aliphatic carbocycles. The van der Waals surface area contributed by atoms with E-state index in [-0.39, 0.29) is 5.91 Å². The van der Waals surface area contributed by atoms with Gasteiger partial charge in [-0.25, -0.2) is 0 Å². The average molecular weight is 284 g/mol. The van der Waals surface area contributed by atoms with Gasteiger partial charge in [-0.15, -0.1) is 0 Å². The monoisotopic (exact) mass is 283 g/mol. The van der Waals surface area contributed by atoms with E-state index in [2.05, 4.69) is 19.2 Å². The number of hydrogen-bond donors (Lipinski definition) is 1. The van der Waals surface area contributed by atoms with Crippen molar-refractivity contribution in [1.82, 2.24) is 5.32 Å². The van der Waals surface area contributed by atoms with Crippen molar-refractivity contribution in [3.8, 4) is 11.5 Å². The molecule has 2 rings (SSSR count). The van der Waals surface area contributed by atoms with Crippen LogP contribution in [0.15, 0.2) is 12.1 Å². The molecular weight excluding hydrogens is 266 g/mol. The van der Waals surface area contributed by atoms with E-state index in [1.165, 1.54) is 0 Å². The van der Waals surface area contributed by atoms with E-state index >= 15 is 0 Å². The lowest BCUT2D eigenvalue weighted by molar-refractivity contribution is -0.120. The molecule has 104 valence electrons. The van der Waals surface area contributed by atoms with Crippen molar-refractivity contribution < 1.29 is 14.3 Å². The first-order valence-electron chi connectivity index (χ1n) is 6.41. The summed E-state index contributed by atoms with van der Waals surface area (Å²) in [6, 6.07) is 3.57. The molecular formula is C14H18ClNO3. The number of benzene rings is 1. The number of nitrogens with one attached hydrogen (secondary N) is 1. The number of ether oxygens (including phenoxy) is 2. The summed E-state index contributed by atoms with van der Waals surface area (Å²) in [5.74, 6) is 1.61. The Morgan fingerprint density at radius 1 is 1.37 bits per heavy atom. The van der Waals surface area contributed by atoms with Gasteiger partial charge in [-0.05, 0) is 23.6 Å². The lowest BCUT2D eigenvalue weighted by Gasteiger charge is -2.20. The number of carbonyl (C=O) groups is 1. The van der Waals surface area contributed by atoms with Crippen LogP contribution in [0.3, 0.4) is 0 Å². The second-order valence-corrected chi connectivity index (χ2v) is 5.38. The molecule has 1 heterocycles. The molecule has 0 saturated heterocycles. The maximum Gasteiger partial charge on any atom is 0.224 e. The summed E-state index contributed by atoms with van der Waals surface area (Å²) < 4.78 is 10.9. The van der Waals surface area contributed by atoms with Crippen molar-refractivity contribution >= 4 is 17.5 Å². The predicted molar refractivity (Wildman–Crippen MR) is 74.0 cm³/mol. The van der Waals surface area contributed by atoms with Crippen LogP contribution in [0.2, 0.25) is 5.02 Å². The minimum atomic E-state index is -0.0126. The molecule has 19 heavy (non-hydrogen) atoms. The van der Waals surface area contributed by atoms with Gasteiger partial charge >= 0.3 is 0 Å². The maximum absolute atomic E-state index is 11.8. The lowest BCUT2D eigenvalue weighted by atomic mass is 10.1. The molecule has 1 aliphatic heterocycles. The highest BCUT2D eigenvalue weighted by Gasteiger charge is 2.17. The van der Waals surface area contributed by atoms with Gasteiger partial charge in [0.2, 0.25) is 5.91 Å². The Morgan fingerprint density at radius 2 is 2.11 bits per heavy atom. The summed E-state index contributed by atoms with van der Waals surface area (Å²) in [5, 5.41) is 3.37. The van der Waals surface area contributed by atoms with Gasteiger partial charge in [0.25, 0.3) is 0 Å². The SMILES string of the molecule is CC(C)CNC(=O)Cc1cc(Cl)c2c(c1)OCCO2. The van der Waals surface area contributed by atoms with Crippen LogP contribution in [0.1, 0.15) is 19.4 Å². The van der Waals surface area contributed by atoms with Crippen LogP contribution in [-0.4, -0.2) is 25.7 Å². The Labute approximate surface area is 118 Å². The van der Waals surface area contributed by atoms with Gasteiger partial charge in [-0.2, -0.15) is 0 Å². The molecule has 0 unspecified atom stereocenters. The van der Waals surface area contributed by atoms with E-state index in [0.717, 1.165) is 5.56 Å². The minimum absolute atomic E-state index is 0.0126. The van der Waals surface area contributed by atoms with Crippen LogP contribution >= 0.6 is 11.6 Å². The van der Waals surface area contributed by atoms with E-state index in [1.54, 1.807) is 6.07 Å². The van der Waals surface area contributed by atoms with Crippen LogP contribution in [0.25, 0.3) is 0 Å². The third-order valence-corrected chi connectivity index (χ3v) is 3.01. The highest BCUT2D eigenvalue weighted by atomic mass is 35.5. The molecule has 0 saturated carbocycles. The van der Waals surface area contributed by atoms with Crippen molar-refractivity contribution in [1.29, 1.82) is 0 Å². The Bertz CT molecular complexity index is 474. The zero-order valence-corrected chi connectivity index (χ0v) is 11.9. The van der Waals surface area contributed by atoms with E-state index in [9.17, 15) is 4.79 Å². The maximum atomic E-state index is 11.8. The number of amides is 1. The van der Waals surface area contributed by atoms with Gasteiger partial charge < -0.3 is 14.8 Å². The average Bonchev–Trinajstić information content (AvgIpc) is 2.36. The van der Waals surface area contributed by atoms with Gasteiger partial charge in [-0.3, -0.25) is 4.79 Å². The number of halogens is 1. The third-order valence-electron chi connectivity index (χ3n) is 2.73. The molecule has 1 aromatic carbocycles. The van der Waals surface area contributed by atoms with Crippen molar-refractivity contribution in [3.05, 3.63) is 22.7 Å². The Kier molecular flexibility index (Phi) is 4.53. The quantitative estimate of drug-likeness (QED) is 0.923. The van der Waals surface area contributed by atoms with Crippen molar-refractivity contribution in [3.63, 3.8) is 0 Å². The zero-order valence-electron chi connectivity index (χ0n) is 11.2. The second-order valence-electron chi connectivity index (χ2n) is 4.98. The van der Waals surface area contributed by atoms with Gasteiger partial charge in [0.05, 0.1) is 11.4 Å². The van der Waals surface area contributed by atoms with Crippen LogP contribution in [0.4, 0.5) is 0 Å².